The number of fused-ring (bicyclic) bond motifs is 2. The summed E-state index contributed by atoms with van der Waals surface area (Å²) in [6.07, 6.45) is 4.34. The number of hydrogen-bond donors (Lipinski definition) is 3. The number of anilines is 1. The fourth-order valence-corrected chi connectivity index (χ4v) is 6.43. The van der Waals surface area contributed by atoms with Gasteiger partial charge in [-0.25, -0.2) is 15.5 Å². The van der Waals surface area contributed by atoms with Gasteiger partial charge in [0.2, 0.25) is 11.1 Å². The van der Waals surface area contributed by atoms with Crippen molar-refractivity contribution in [2.45, 2.75) is 50.9 Å². The average molecular weight is 533 g/mol. The van der Waals surface area contributed by atoms with Crippen molar-refractivity contribution in [3.8, 4) is 0 Å². The van der Waals surface area contributed by atoms with Gasteiger partial charge in [-0.05, 0) is 48.6 Å². The monoisotopic (exact) mass is 532 g/mol. The zero-order valence-electron chi connectivity index (χ0n) is 20.5. The molecule has 2 aromatic rings. The Morgan fingerprint density at radius 2 is 2.11 bits per heavy atom. The van der Waals surface area contributed by atoms with Crippen LogP contribution in [0.15, 0.2) is 59.0 Å². The lowest BCUT2D eigenvalue weighted by Crippen LogP contribution is -2.89. The number of nitrogens with one attached hydrogen (secondary N) is 2. The van der Waals surface area contributed by atoms with Crippen molar-refractivity contribution < 1.29 is 18.6 Å². The summed E-state index contributed by atoms with van der Waals surface area (Å²) in [6.45, 7) is 4.61. The van der Waals surface area contributed by atoms with Crippen LogP contribution in [-0.2, 0) is 12.7 Å². The molecule has 0 bridgehead atoms. The third-order valence-corrected chi connectivity index (χ3v) is 8.26. The Morgan fingerprint density at radius 1 is 1.24 bits per heavy atom. The average Bonchev–Trinajstić information content (AvgIpc) is 3.39. The molecule has 0 spiro atoms. The number of hydrogen-bond acceptors (Lipinski definition) is 5. The Morgan fingerprint density at radius 3 is 2.89 bits per heavy atom. The highest BCUT2D eigenvalue weighted by atomic mass is 35.5. The second kappa shape index (κ2) is 9.40. The second-order valence-corrected chi connectivity index (χ2v) is 10.6. The Kier molecular flexibility index (Phi) is 6.19. The first kappa shape index (κ1) is 24.4. The van der Waals surface area contributed by atoms with Gasteiger partial charge in [0.1, 0.15) is 5.82 Å². The molecule has 6 rings (SSSR count). The number of aromatic nitrogens is 3. The zero-order chi connectivity index (χ0) is 25.7. The second-order valence-electron chi connectivity index (χ2n) is 10.2. The fourth-order valence-electron chi connectivity index (χ4n) is 6.25. The molecular weight excluding hydrogens is 503 g/mol. The first-order valence-corrected chi connectivity index (χ1v) is 13.2. The van der Waals surface area contributed by atoms with Crippen molar-refractivity contribution in [2.75, 3.05) is 18.4 Å². The third kappa shape index (κ3) is 4.50. The Hall–Kier alpha value is -2.98. The minimum Gasteiger partial charge on any atom is -0.369 e. The highest BCUT2D eigenvalue weighted by Gasteiger charge is 2.51. The number of benzene rings is 1. The van der Waals surface area contributed by atoms with Crippen molar-refractivity contribution in [1.29, 1.82) is 0 Å². The van der Waals surface area contributed by atoms with Crippen LogP contribution >= 0.6 is 11.6 Å². The molecule has 0 radical (unpaired) electrons. The van der Waals surface area contributed by atoms with Crippen LogP contribution in [0.25, 0.3) is 0 Å². The van der Waals surface area contributed by atoms with Gasteiger partial charge < -0.3 is 10.2 Å². The molecule has 11 heteroatoms. The smallest absolute Gasteiger partial charge is 0.369 e. The Labute approximate surface area is 218 Å². The van der Waals surface area contributed by atoms with Crippen molar-refractivity contribution >= 4 is 17.5 Å². The molecule has 37 heavy (non-hydrogen) atoms. The number of aryl methyl sites for hydroxylation is 1. The predicted molar refractivity (Wildman–Crippen MR) is 134 cm³/mol. The lowest BCUT2D eigenvalue weighted by Gasteiger charge is -2.42. The van der Waals surface area contributed by atoms with E-state index in [4.69, 9.17) is 21.7 Å². The first-order chi connectivity index (χ1) is 17.8. The normalized spacial score (nSPS) is 28.5. The van der Waals surface area contributed by atoms with Crippen LogP contribution in [-0.4, -0.2) is 38.8 Å². The van der Waals surface area contributed by atoms with Gasteiger partial charge in [-0.3, -0.25) is 0 Å². The fraction of sp³-hybridized carbons (Fsp3) is 0.462. The topological polar surface area (TPSA) is 74.6 Å². The van der Waals surface area contributed by atoms with Gasteiger partial charge in [-0.2, -0.15) is 18.2 Å². The molecule has 4 heterocycles. The maximum atomic E-state index is 13.4. The standard InChI is InChI=1S/C26H29ClF3N7/c1-2-18-20-13-36(17-11-22(27)34-31-12-17)14-21(20)23(18)32-25-33-24-19(8-3-4-9-37(24)35-25)15-6-5-7-16(10-15)26(28,29)30/h2,5-7,10-12,19-21,23,31,34H,3-4,8-9,13-14H2,1H3,(H,32,35)/p+1/b18-2+/t19?,20?,21?,23-/m1/s1. The van der Waals surface area contributed by atoms with Crippen LogP contribution in [0, 0.1) is 11.8 Å². The number of rotatable bonds is 4. The predicted octanol–water partition coefficient (Wildman–Crippen LogP) is 3.90. The van der Waals surface area contributed by atoms with Crippen molar-refractivity contribution in [3.05, 3.63) is 76.0 Å². The van der Waals surface area contributed by atoms with E-state index in [1.807, 2.05) is 17.0 Å². The van der Waals surface area contributed by atoms with Gasteiger partial charge in [-0.1, -0.05) is 30.7 Å². The van der Waals surface area contributed by atoms with E-state index in [0.29, 0.717) is 35.0 Å². The van der Waals surface area contributed by atoms with E-state index >= 15 is 0 Å². The molecule has 1 aromatic carbocycles. The molecule has 4 aliphatic rings. The maximum absolute atomic E-state index is 13.4. The van der Waals surface area contributed by atoms with Gasteiger partial charge in [0, 0.05) is 43.5 Å². The van der Waals surface area contributed by atoms with E-state index in [0.717, 1.165) is 49.9 Å². The number of nitrogens with two attached hydrogens (primary N) is 1. The lowest BCUT2D eigenvalue weighted by atomic mass is 9.67. The maximum Gasteiger partial charge on any atom is 0.416 e. The summed E-state index contributed by atoms with van der Waals surface area (Å²) in [7, 11) is 0. The molecule has 2 fully saturated rings. The summed E-state index contributed by atoms with van der Waals surface area (Å²) in [5.74, 6) is 1.93. The molecule has 3 unspecified atom stereocenters. The van der Waals surface area contributed by atoms with Gasteiger partial charge in [0.05, 0.1) is 23.5 Å². The lowest BCUT2D eigenvalue weighted by molar-refractivity contribution is -0.648. The quantitative estimate of drug-likeness (QED) is 0.316. The number of halogens is 4. The highest BCUT2D eigenvalue weighted by molar-refractivity contribution is 6.27. The Balaban J connectivity index is 1.23. The van der Waals surface area contributed by atoms with Crippen LogP contribution in [0.5, 0.6) is 0 Å². The zero-order valence-corrected chi connectivity index (χ0v) is 21.2. The SMILES string of the molecule is C/C=C1\C2CN(C3=CN[NH2+]C(Cl)=C3)CC2[C@@H]1Nc1nc2n(n1)CCCCC2c1cccc(C(F)(F)F)c1. The summed E-state index contributed by atoms with van der Waals surface area (Å²) in [5.41, 5.74) is 7.30. The summed E-state index contributed by atoms with van der Waals surface area (Å²) >= 11 is 6.20. The molecule has 1 aliphatic carbocycles. The van der Waals surface area contributed by atoms with Gasteiger partial charge >= 0.3 is 6.18 Å². The summed E-state index contributed by atoms with van der Waals surface area (Å²) < 4.78 is 42.0. The van der Waals surface area contributed by atoms with Crippen molar-refractivity contribution in [1.82, 2.24) is 25.1 Å². The minimum absolute atomic E-state index is 0.127. The highest BCUT2D eigenvalue weighted by Crippen LogP contribution is 2.48. The first-order valence-electron chi connectivity index (χ1n) is 12.8. The molecule has 0 amide bonds. The number of nitrogens with zero attached hydrogens (tertiary/aromatic N) is 4. The number of allylic oxidation sites excluding steroid dienone is 2. The van der Waals surface area contributed by atoms with Gasteiger partial charge in [-0.15, -0.1) is 5.10 Å². The summed E-state index contributed by atoms with van der Waals surface area (Å²) in [4.78, 5) is 7.20. The Bertz CT molecular complexity index is 1280. The molecule has 4 atom stereocenters. The van der Waals surface area contributed by atoms with Crippen molar-refractivity contribution in [3.63, 3.8) is 0 Å². The van der Waals surface area contributed by atoms with E-state index in [-0.39, 0.29) is 12.0 Å². The van der Waals surface area contributed by atoms with E-state index in [2.05, 4.69) is 28.6 Å². The molecule has 1 saturated heterocycles. The van der Waals surface area contributed by atoms with E-state index < -0.39 is 11.7 Å². The molecule has 196 valence electrons. The summed E-state index contributed by atoms with van der Waals surface area (Å²) in [6, 6.07) is 5.76. The van der Waals surface area contributed by atoms with Crippen LogP contribution in [0.4, 0.5) is 19.1 Å². The summed E-state index contributed by atoms with van der Waals surface area (Å²) in [5, 5.41) is 9.01. The number of likely N-dealkylation sites (tertiary alicyclic amines) is 1. The van der Waals surface area contributed by atoms with Crippen LogP contribution in [0.3, 0.4) is 0 Å². The van der Waals surface area contributed by atoms with Gasteiger partial charge in [0.15, 0.2) is 0 Å². The molecule has 4 N–H and O–H groups in total. The molecule has 1 aromatic heterocycles. The van der Waals surface area contributed by atoms with E-state index in [9.17, 15) is 13.2 Å². The third-order valence-electron chi connectivity index (χ3n) is 8.04. The number of quaternary nitrogens is 1. The molecule has 1 saturated carbocycles. The van der Waals surface area contributed by atoms with E-state index in [1.54, 1.807) is 11.5 Å². The molecular formula is C26H30ClF3N7+. The minimum atomic E-state index is -4.37. The number of alkyl halides is 3. The van der Waals surface area contributed by atoms with Crippen LogP contribution < -0.4 is 16.2 Å². The van der Waals surface area contributed by atoms with Crippen molar-refractivity contribution in [2.24, 2.45) is 11.8 Å². The molecule has 7 nitrogen and oxygen atoms in total. The van der Waals surface area contributed by atoms with Crippen LogP contribution in [0.2, 0.25) is 0 Å². The molecule has 3 aliphatic heterocycles. The largest absolute Gasteiger partial charge is 0.416 e. The van der Waals surface area contributed by atoms with E-state index in [1.165, 1.54) is 17.7 Å². The van der Waals surface area contributed by atoms with Crippen LogP contribution in [0.1, 0.15) is 49.1 Å². The van der Waals surface area contributed by atoms with Gasteiger partial charge in [0.25, 0.3) is 0 Å².